The first-order chi connectivity index (χ1) is 4.81. The van der Waals surface area contributed by atoms with Crippen molar-refractivity contribution >= 4 is 11.8 Å². The van der Waals surface area contributed by atoms with Gasteiger partial charge in [0.2, 0.25) is 0 Å². The van der Waals surface area contributed by atoms with Crippen LogP contribution < -0.4 is 0 Å². The molecular weight excluding hydrogens is 144 g/mol. The highest BCUT2D eigenvalue weighted by Gasteiger charge is 1.87. The molecule has 1 unspecified atom stereocenters. The first-order valence-corrected chi connectivity index (χ1v) is 4.74. The molecule has 0 aromatic carbocycles. The van der Waals surface area contributed by atoms with Crippen LogP contribution in [0.15, 0.2) is 11.5 Å². The second-order valence-corrected chi connectivity index (χ2v) is 2.69. The molecule has 10 heavy (non-hydrogen) atoms. The number of aliphatic hydroxyl groups excluding tert-OH is 1. The Hall–Kier alpha value is 0.0500. The Kier molecular flexibility index (Phi) is 15.0. The molecule has 1 nitrogen and oxygen atoms in total. The molecule has 0 saturated heterocycles. The monoisotopic (exact) mass is 162 g/mol. The van der Waals surface area contributed by atoms with Crippen LogP contribution in [-0.4, -0.2) is 18.5 Å². The van der Waals surface area contributed by atoms with Crippen molar-refractivity contribution in [3.8, 4) is 0 Å². The summed E-state index contributed by atoms with van der Waals surface area (Å²) in [4.78, 5) is 0. The van der Waals surface area contributed by atoms with Crippen LogP contribution in [0.3, 0.4) is 0 Å². The van der Waals surface area contributed by atoms with Gasteiger partial charge in [-0.2, -0.15) is 0 Å². The Balaban J connectivity index is 0. The molecule has 0 fully saturated rings. The molecule has 0 radical (unpaired) electrons. The average molecular weight is 162 g/mol. The molecule has 0 aromatic heterocycles. The van der Waals surface area contributed by atoms with Gasteiger partial charge in [0.15, 0.2) is 0 Å². The van der Waals surface area contributed by atoms with E-state index in [0.29, 0.717) is 0 Å². The van der Waals surface area contributed by atoms with Gasteiger partial charge in [-0.15, -0.1) is 11.8 Å². The van der Waals surface area contributed by atoms with Crippen molar-refractivity contribution < 1.29 is 5.11 Å². The van der Waals surface area contributed by atoms with Crippen molar-refractivity contribution in [1.29, 1.82) is 0 Å². The minimum Gasteiger partial charge on any atom is -0.400 e. The molecule has 0 aliphatic rings. The minimum absolute atomic E-state index is 0.752. The lowest BCUT2D eigenvalue weighted by Crippen LogP contribution is -1.82. The molecule has 62 valence electrons. The molecule has 2 heteroatoms. The lowest BCUT2D eigenvalue weighted by Gasteiger charge is -1.96. The van der Waals surface area contributed by atoms with E-state index >= 15 is 0 Å². The third-order valence-electron chi connectivity index (χ3n) is 1.19. The smallest absolute Gasteiger partial charge is 0.0319 e. The zero-order valence-corrected chi connectivity index (χ0v) is 8.11. The van der Waals surface area contributed by atoms with Gasteiger partial charge in [-0.25, -0.2) is 0 Å². The van der Waals surface area contributed by atoms with Crippen LogP contribution in [0.4, 0.5) is 0 Å². The zero-order chi connectivity index (χ0) is 8.41. The topological polar surface area (TPSA) is 20.2 Å². The van der Waals surface area contributed by atoms with Crippen LogP contribution in [0.1, 0.15) is 20.3 Å². The first kappa shape index (κ1) is 12.7. The van der Waals surface area contributed by atoms with Gasteiger partial charge in [0.25, 0.3) is 0 Å². The van der Waals surface area contributed by atoms with E-state index in [1.165, 1.54) is 6.42 Å². The van der Waals surface area contributed by atoms with Gasteiger partial charge >= 0.3 is 0 Å². The van der Waals surface area contributed by atoms with E-state index in [-0.39, 0.29) is 0 Å². The summed E-state index contributed by atoms with van der Waals surface area (Å²) in [5.74, 6) is 0.752. The van der Waals surface area contributed by atoms with Crippen LogP contribution in [-0.2, 0) is 0 Å². The largest absolute Gasteiger partial charge is 0.400 e. The maximum atomic E-state index is 7.00. The summed E-state index contributed by atoms with van der Waals surface area (Å²) in [7, 11) is 1.00. The maximum absolute atomic E-state index is 7.00. The quantitative estimate of drug-likeness (QED) is 0.688. The fourth-order valence-electron chi connectivity index (χ4n) is 0.349. The number of rotatable bonds is 3. The van der Waals surface area contributed by atoms with Crippen molar-refractivity contribution in [2.24, 2.45) is 5.92 Å². The van der Waals surface area contributed by atoms with E-state index in [0.717, 1.165) is 13.0 Å². The van der Waals surface area contributed by atoms with E-state index in [1.807, 2.05) is 0 Å². The molecule has 0 amide bonds. The Labute approximate surface area is 68.5 Å². The second-order valence-electron chi connectivity index (χ2n) is 1.95. The van der Waals surface area contributed by atoms with Crippen molar-refractivity contribution in [2.45, 2.75) is 20.3 Å². The predicted molar refractivity (Wildman–Crippen MR) is 50.3 cm³/mol. The van der Waals surface area contributed by atoms with Gasteiger partial charge in [-0.3, -0.25) is 0 Å². The van der Waals surface area contributed by atoms with E-state index in [2.05, 4.69) is 31.6 Å². The molecule has 0 aliphatic carbocycles. The molecule has 0 aliphatic heterocycles. The number of aliphatic hydroxyl groups is 1. The maximum Gasteiger partial charge on any atom is 0.0319 e. The highest BCUT2D eigenvalue weighted by molar-refractivity contribution is 8.01. The summed E-state index contributed by atoms with van der Waals surface area (Å²) in [6.45, 7) is 4.43. The van der Waals surface area contributed by atoms with Gasteiger partial charge in [-0.05, 0) is 17.6 Å². The third kappa shape index (κ3) is 10.9. The number of hydrogen-bond acceptors (Lipinski definition) is 2. The Morgan fingerprint density at radius 1 is 1.50 bits per heavy atom. The van der Waals surface area contributed by atoms with Gasteiger partial charge in [0, 0.05) is 7.11 Å². The summed E-state index contributed by atoms with van der Waals surface area (Å²) in [6.07, 6.45) is 5.57. The molecule has 0 rings (SSSR count). The summed E-state index contributed by atoms with van der Waals surface area (Å²) >= 11 is 1.76. The third-order valence-corrected chi connectivity index (χ3v) is 1.62. The van der Waals surface area contributed by atoms with Gasteiger partial charge in [0.05, 0.1) is 0 Å². The zero-order valence-electron chi connectivity index (χ0n) is 7.29. The molecule has 0 aromatic rings. The van der Waals surface area contributed by atoms with Gasteiger partial charge in [0.1, 0.15) is 0 Å². The van der Waals surface area contributed by atoms with Crippen molar-refractivity contribution in [1.82, 2.24) is 0 Å². The molecule has 0 heterocycles. The Bertz CT molecular complexity index is 71.7. The first-order valence-electron chi connectivity index (χ1n) is 3.45. The lowest BCUT2D eigenvalue weighted by atomic mass is 10.1. The average Bonchev–Trinajstić information content (AvgIpc) is 2.04. The van der Waals surface area contributed by atoms with Gasteiger partial charge < -0.3 is 5.11 Å². The Morgan fingerprint density at radius 3 is 2.30 bits per heavy atom. The SMILES string of the molecule is CCC(C)/C=C\SC.CO. The Morgan fingerprint density at radius 2 is 2.00 bits per heavy atom. The van der Waals surface area contributed by atoms with E-state index in [9.17, 15) is 0 Å². The number of hydrogen-bond donors (Lipinski definition) is 1. The van der Waals surface area contributed by atoms with Crippen LogP contribution >= 0.6 is 11.8 Å². The highest BCUT2D eigenvalue weighted by Crippen LogP contribution is 2.04. The van der Waals surface area contributed by atoms with Crippen molar-refractivity contribution in [3.05, 3.63) is 11.5 Å². The van der Waals surface area contributed by atoms with Crippen molar-refractivity contribution in [3.63, 3.8) is 0 Å². The van der Waals surface area contributed by atoms with Crippen molar-refractivity contribution in [2.75, 3.05) is 13.4 Å². The fraction of sp³-hybridized carbons (Fsp3) is 0.750. The van der Waals surface area contributed by atoms with E-state index < -0.39 is 0 Å². The number of thioether (sulfide) groups is 1. The van der Waals surface area contributed by atoms with E-state index in [4.69, 9.17) is 5.11 Å². The summed E-state index contributed by atoms with van der Waals surface area (Å²) in [5, 5.41) is 9.15. The summed E-state index contributed by atoms with van der Waals surface area (Å²) < 4.78 is 0. The predicted octanol–water partition coefficient (Wildman–Crippen LogP) is 2.52. The molecule has 0 spiro atoms. The highest BCUT2D eigenvalue weighted by atomic mass is 32.2. The van der Waals surface area contributed by atoms with Crippen LogP contribution in [0.2, 0.25) is 0 Å². The van der Waals surface area contributed by atoms with Gasteiger partial charge in [-0.1, -0.05) is 26.3 Å². The molecular formula is C8H18OS. The van der Waals surface area contributed by atoms with E-state index in [1.54, 1.807) is 11.8 Å². The fourth-order valence-corrected chi connectivity index (χ4v) is 0.774. The molecule has 1 atom stereocenters. The molecule has 0 bridgehead atoms. The van der Waals surface area contributed by atoms with Crippen LogP contribution in [0, 0.1) is 5.92 Å². The normalized spacial score (nSPS) is 12.5. The lowest BCUT2D eigenvalue weighted by molar-refractivity contribution is 0.399. The summed E-state index contributed by atoms with van der Waals surface area (Å²) in [6, 6.07) is 0. The molecule has 1 N–H and O–H groups in total. The second kappa shape index (κ2) is 11.8. The standard InChI is InChI=1S/C7H14S.CH4O/c1-4-7(2)5-6-8-3;1-2/h5-7H,4H2,1-3H3;2H,1H3/b6-5-;. The van der Waals surface area contributed by atoms with Crippen LogP contribution in [0.25, 0.3) is 0 Å². The summed E-state index contributed by atoms with van der Waals surface area (Å²) in [5.41, 5.74) is 0. The number of allylic oxidation sites excluding steroid dienone is 1. The van der Waals surface area contributed by atoms with Crippen LogP contribution in [0.5, 0.6) is 0 Å². The molecule has 0 saturated carbocycles. The minimum atomic E-state index is 0.752.